The Morgan fingerprint density at radius 3 is 2.41 bits per heavy atom. The van der Waals surface area contributed by atoms with Crippen molar-refractivity contribution >= 4 is 17.4 Å². The van der Waals surface area contributed by atoms with Gasteiger partial charge in [0, 0.05) is 10.6 Å². The van der Waals surface area contributed by atoms with Crippen LogP contribution in [0.1, 0.15) is 15.9 Å². The molecule has 2 aromatic carbocycles. The van der Waals surface area contributed by atoms with Crippen LogP contribution in [0.25, 0.3) is 0 Å². The summed E-state index contributed by atoms with van der Waals surface area (Å²) >= 11 is 5.64. The van der Waals surface area contributed by atoms with Gasteiger partial charge in [-0.1, -0.05) is 23.7 Å². The highest BCUT2D eigenvalue weighted by Crippen LogP contribution is 2.18. The third kappa shape index (κ3) is 2.50. The van der Waals surface area contributed by atoms with E-state index in [1.807, 2.05) is 0 Å². The fraction of sp³-hybridized carbons (Fsp3) is 0. The van der Waals surface area contributed by atoms with E-state index in [2.05, 4.69) is 0 Å². The summed E-state index contributed by atoms with van der Waals surface area (Å²) in [4.78, 5) is 11.9. The summed E-state index contributed by atoms with van der Waals surface area (Å²) in [7, 11) is 0. The molecule has 0 aromatic heterocycles. The van der Waals surface area contributed by atoms with E-state index in [9.17, 15) is 13.6 Å². The van der Waals surface area contributed by atoms with Gasteiger partial charge in [-0.25, -0.2) is 8.78 Å². The van der Waals surface area contributed by atoms with Crippen LogP contribution < -0.4 is 0 Å². The van der Waals surface area contributed by atoms with E-state index in [1.165, 1.54) is 30.3 Å². The molecule has 0 saturated carbocycles. The highest BCUT2D eigenvalue weighted by molar-refractivity contribution is 6.31. The molecule has 2 rings (SSSR count). The number of ketones is 1. The SMILES string of the molecule is O=C(c1cc(F)cc(Cl)c1)c1ccccc1F. The molecule has 17 heavy (non-hydrogen) atoms. The van der Waals surface area contributed by atoms with E-state index >= 15 is 0 Å². The molecule has 0 spiro atoms. The maximum atomic E-state index is 13.4. The summed E-state index contributed by atoms with van der Waals surface area (Å²) in [6, 6.07) is 8.95. The molecule has 0 bridgehead atoms. The first kappa shape index (κ1) is 11.7. The lowest BCUT2D eigenvalue weighted by molar-refractivity contribution is 0.103. The van der Waals surface area contributed by atoms with E-state index in [0.717, 1.165) is 12.1 Å². The first-order chi connectivity index (χ1) is 8.08. The number of rotatable bonds is 2. The van der Waals surface area contributed by atoms with Gasteiger partial charge in [0.15, 0.2) is 5.78 Å². The molecule has 0 radical (unpaired) electrons. The van der Waals surface area contributed by atoms with Crippen LogP contribution in [-0.2, 0) is 0 Å². The molecule has 1 nitrogen and oxygen atoms in total. The topological polar surface area (TPSA) is 17.1 Å². The zero-order valence-electron chi connectivity index (χ0n) is 8.58. The smallest absolute Gasteiger partial charge is 0.196 e. The minimum Gasteiger partial charge on any atom is -0.288 e. The van der Waals surface area contributed by atoms with Crippen molar-refractivity contribution in [2.24, 2.45) is 0 Å². The van der Waals surface area contributed by atoms with Crippen molar-refractivity contribution in [2.45, 2.75) is 0 Å². The standard InChI is InChI=1S/C13H7ClF2O/c14-9-5-8(6-10(15)7-9)13(17)11-3-1-2-4-12(11)16/h1-7H. The van der Waals surface area contributed by atoms with Crippen LogP contribution in [0.4, 0.5) is 8.78 Å². The van der Waals surface area contributed by atoms with Crippen LogP contribution in [0.3, 0.4) is 0 Å². The van der Waals surface area contributed by atoms with Crippen molar-refractivity contribution in [1.29, 1.82) is 0 Å². The molecule has 86 valence electrons. The number of hydrogen-bond acceptors (Lipinski definition) is 1. The summed E-state index contributed by atoms with van der Waals surface area (Å²) in [5, 5.41) is 0.102. The second kappa shape index (κ2) is 4.63. The Balaban J connectivity index is 2.48. The molecule has 0 unspecified atom stereocenters. The van der Waals surface area contributed by atoms with E-state index < -0.39 is 17.4 Å². The largest absolute Gasteiger partial charge is 0.288 e. The van der Waals surface area contributed by atoms with Crippen LogP contribution in [0.5, 0.6) is 0 Å². The molecular weight excluding hydrogens is 246 g/mol. The van der Waals surface area contributed by atoms with Crippen LogP contribution in [0.15, 0.2) is 42.5 Å². The molecule has 0 saturated heterocycles. The van der Waals surface area contributed by atoms with E-state index in [4.69, 9.17) is 11.6 Å². The average molecular weight is 253 g/mol. The van der Waals surface area contributed by atoms with Crippen molar-refractivity contribution in [2.75, 3.05) is 0 Å². The van der Waals surface area contributed by atoms with Gasteiger partial charge in [0.2, 0.25) is 0 Å². The molecule has 0 heterocycles. The fourth-order valence-electron chi connectivity index (χ4n) is 1.49. The first-order valence-electron chi connectivity index (χ1n) is 4.83. The minimum atomic E-state index is -0.641. The molecule has 0 N–H and O–H groups in total. The fourth-order valence-corrected chi connectivity index (χ4v) is 1.71. The molecule has 0 amide bonds. The van der Waals surface area contributed by atoms with Crippen molar-refractivity contribution in [3.63, 3.8) is 0 Å². The van der Waals surface area contributed by atoms with Crippen molar-refractivity contribution in [1.82, 2.24) is 0 Å². The van der Waals surface area contributed by atoms with Gasteiger partial charge in [0.25, 0.3) is 0 Å². The summed E-state index contributed by atoms with van der Waals surface area (Å²) in [5.41, 5.74) is -0.0748. The summed E-state index contributed by atoms with van der Waals surface area (Å²) in [6.07, 6.45) is 0. The predicted molar refractivity (Wildman–Crippen MR) is 61.2 cm³/mol. The number of carbonyl (C=O) groups excluding carboxylic acids is 1. The molecule has 2 aromatic rings. The molecule has 0 aliphatic rings. The minimum absolute atomic E-state index is 0.0279. The van der Waals surface area contributed by atoms with Crippen LogP contribution in [-0.4, -0.2) is 5.78 Å². The van der Waals surface area contributed by atoms with Gasteiger partial charge in [0.1, 0.15) is 11.6 Å². The van der Waals surface area contributed by atoms with Crippen molar-refractivity contribution in [3.05, 3.63) is 70.2 Å². The average Bonchev–Trinajstić information content (AvgIpc) is 2.27. The molecule has 4 heteroatoms. The number of halogens is 3. The Kier molecular flexibility index (Phi) is 3.20. The van der Waals surface area contributed by atoms with Gasteiger partial charge < -0.3 is 0 Å². The number of hydrogen-bond donors (Lipinski definition) is 0. The highest BCUT2D eigenvalue weighted by Gasteiger charge is 2.14. The number of carbonyl (C=O) groups is 1. The lowest BCUT2D eigenvalue weighted by Crippen LogP contribution is -2.04. The third-order valence-corrected chi connectivity index (χ3v) is 2.46. The monoisotopic (exact) mass is 252 g/mol. The molecule has 0 aliphatic carbocycles. The van der Waals surface area contributed by atoms with Crippen LogP contribution >= 0.6 is 11.6 Å². The van der Waals surface area contributed by atoms with Gasteiger partial charge in [-0.15, -0.1) is 0 Å². The Labute approximate surface area is 102 Å². The highest BCUT2D eigenvalue weighted by atomic mass is 35.5. The maximum absolute atomic E-state index is 13.4. The summed E-state index contributed by atoms with van der Waals surface area (Å²) in [6.45, 7) is 0. The Bertz CT molecular complexity index is 561. The Hall–Kier alpha value is -1.74. The lowest BCUT2D eigenvalue weighted by Gasteiger charge is -2.03. The second-order valence-corrected chi connectivity index (χ2v) is 3.90. The Morgan fingerprint density at radius 2 is 1.76 bits per heavy atom. The zero-order valence-corrected chi connectivity index (χ0v) is 9.34. The van der Waals surface area contributed by atoms with Crippen LogP contribution in [0.2, 0.25) is 5.02 Å². The van der Waals surface area contributed by atoms with Gasteiger partial charge >= 0.3 is 0 Å². The molecule has 0 aliphatic heterocycles. The van der Waals surface area contributed by atoms with E-state index in [1.54, 1.807) is 0 Å². The first-order valence-corrected chi connectivity index (χ1v) is 5.21. The number of benzene rings is 2. The summed E-state index contributed by atoms with van der Waals surface area (Å²) in [5.74, 6) is -1.86. The van der Waals surface area contributed by atoms with E-state index in [-0.39, 0.29) is 16.1 Å². The molecule has 0 fully saturated rings. The van der Waals surface area contributed by atoms with E-state index in [0.29, 0.717) is 0 Å². The van der Waals surface area contributed by atoms with Gasteiger partial charge in [-0.05, 0) is 30.3 Å². The van der Waals surface area contributed by atoms with Gasteiger partial charge in [-0.3, -0.25) is 4.79 Å². The predicted octanol–water partition coefficient (Wildman–Crippen LogP) is 3.85. The zero-order chi connectivity index (χ0) is 12.4. The second-order valence-electron chi connectivity index (χ2n) is 3.47. The quantitative estimate of drug-likeness (QED) is 0.742. The Morgan fingerprint density at radius 1 is 1.06 bits per heavy atom. The van der Waals surface area contributed by atoms with Gasteiger partial charge in [0.05, 0.1) is 5.56 Å². The summed E-state index contributed by atoms with van der Waals surface area (Å²) < 4.78 is 26.5. The normalized spacial score (nSPS) is 10.3. The van der Waals surface area contributed by atoms with Crippen LogP contribution in [0, 0.1) is 11.6 Å². The maximum Gasteiger partial charge on any atom is 0.196 e. The third-order valence-electron chi connectivity index (χ3n) is 2.24. The molecule has 0 atom stereocenters. The van der Waals surface area contributed by atoms with Gasteiger partial charge in [-0.2, -0.15) is 0 Å². The van der Waals surface area contributed by atoms with Crippen molar-refractivity contribution in [3.8, 4) is 0 Å². The lowest BCUT2D eigenvalue weighted by atomic mass is 10.0. The molecular formula is C13H7ClF2O. The van der Waals surface area contributed by atoms with Crippen molar-refractivity contribution < 1.29 is 13.6 Å².